The molecule has 6 nitrogen and oxygen atoms in total. The summed E-state index contributed by atoms with van der Waals surface area (Å²) in [4.78, 5) is 12.3. The summed E-state index contributed by atoms with van der Waals surface area (Å²) in [7, 11) is -1.99. The van der Waals surface area contributed by atoms with Crippen molar-refractivity contribution in [3.63, 3.8) is 0 Å². The van der Waals surface area contributed by atoms with Gasteiger partial charge >= 0.3 is 0 Å². The normalized spacial score (nSPS) is 12.5. The van der Waals surface area contributed by atoms with Crippen molar-refractivity contribution < 1.29 is 13.2 Å². The largest absolute Gasteiger partial charge is 0.326 e. The predicted octanol–water partition coefficient (Wildman–Crippen LogP) is 2.90. The Bertz CT molecular complexity index is 895. The van der Waals surface area contributed by atoms with Crippen molar-refractivity contribution in [2.75, 3.05) is 23.6 Å². The molecule has 0 aliphatic heterocycles. The van der Waals surface area contributed by atoms with Gasteiger partial charge < -0.3 is 10.6 Å². The summed E-state index contributed by atoms with van der Waals surface area (Å²) < 4.78 is 28.1. The number of amides is 1. The van der Waals surface area contributed by atoms with Gasteiger partial charge in [-0.25, -0.2) is 8.42 Å². The second-order valence-corrected chi connectivity index (χ2v) is 8.05. The van der Waals surface area contributed by atoms with E-state index >= 15 is 0 Å². The molecular formula is C19H25N3O3S. The summed E-state index contributed by atoms with van der Waals surface area (Å²) in [5.41, 5.74) is 2.52. The van der Waals surface area contributed by atoms with Gasteiger partial charge in [-0.15, -0.1) is 0 Å². The first-order valence-corrected chi connectivity index (χ1v) is 9.87. The fraction of sp³-hybridized carbons (Fsp3) is 0.316. The number of hydrogen-bond acceptors (Lipinski definition) is 4. The standard InChI is InChI=1S/C19H25N3O3S/c1-13-6-5-7-17(10-13)22-26(24,25)18-11-16(9-8-14(18)2)21-19(23)15(3)12-20-4/h5-11,15,20,22H,12H2,1-4H3,(H,21,23). The number of carbonyl (C=O) groups is 1. The minimum Gasteiger partial charge on any atom is -0.326 e. The molecule has 1 amide bonds. The van der Waals surface area contributed by atoms with Crippen molar-refractivity contribution in [3.8, 4) is 0 Å². The Morgan fingerprint density at radius 1 is 1.08 bits per heavy atom. The Morgan fingerprint density at radius 2 is 1.81 bits per heavy atom. The minimum absolute atomic E-state index is 0.137. The zero-order chi connectivity index (χ0) is 19.3. The van der Waals surface area contributed by atoms with Gasteiger partial charge in [-0.3, -0.25) is 9.52 Å². The number of sulfonamides is 1. The second-order valence-electron chi connectivity index (χ2n) is 6.40. The van der Waals surface area contributed by atoms with Crippen LogP contribution in [0.25, 0.3) is 0 Å². The molecule has 3 N–H and O–H groups in total. The van der Waals surface area contributed by atoms with E-state index in [1.807, 2.05) is 13.0 Å². The number of aryl methyl sites for hydroxylation is 2. The summed E-state index contributed by atoms with van der Waals surface area (Å²) in [5, 5.41) is 5.71. The zero-order valence-electron chi connectivity index (χ0n) is 15.5. The van der Waals surface area contributed by atoms with E-state index in [0.717, 1.165) is 5.56 Å². The third kappa shape index (κ3) is 5.06. The summed E-state index contributed by atoms with van der Waals surface area (Å²) in [5.74, 6) is -0.398. The average Bonchev–Trinajstić information content (AvgIpc) is 2.56. The molecule has 2 aromatic carbocycles. The monoisotopic (exact) mass is 375 g/mol. The third-order valence-corrected chi connectivity index (χ3v) is 5.50. The van der Waals surface area contributed by atoms with E-state index in [4.69, 9.17) is 0 Å². The van der Waals surface area contributed by atoms with Gasteiger partial charge in [0.05, 0.1) is 4.90 Å². The summed E-state index contributed by atoms with van der Waals surface area (Å²) in [6.07, 6.45) is 0. The molecule has 2 rings (SSSR count). The molecule has 1 atom stereocenters. The molecule has 0 fully saturated rings. The van der Waals surface area contributed by atoms with E-state index in [9.17, 15) is 13.2 Å². The van der Waals surface area contributed by atoms with Crippen LogP contribution in [-0.2, 0) is 14.8 Å². The molecule has 2 aromatic rings. The van der Waals surface area contributed by atoms with Crippen LogP contribution in [0, 0.1) is 19.8 Å². The van der Waals surface area contributed by atoms with Gasteiger partial charge in [0.1, 0.15) is 0 Å². The van der Waals surface area contributed by atoms with Crippen LogP contribution in [0.4, 0.5) is 11.4 Å². The topological polar surface area (TPSA) is 87.3 Å². The molecule has 7 heteroatoms. The number of anilines is 2. The van der Waals surface area contributed by atoms with Crippen LogP contribution in [0.5, 0.6) is 0 Å². The number of rotatable bonds is 7. The number of carbonyl (C=O) groups excluding carboxylic acids is 1. The van der Waals surface area contributed by atoms with Crippen LogP contribution < -0.4 is 15.4 Å². The highest BCUT2D eigenvalue weighted by molar-refractivity contribution is 7.92. The molecule has 0 aliphatic rings. The molecule has 26 heavy (non-hydrogen) atoms. The van der Waals surface area contributed by atoms with Crippen molar-refractivity contribution in [2.24, 2.45) is 5.92 Å². The van der Waals surface area contributed by atoms with Crippen molar-refractivity contribution in [3.05, 3.63) is 53.6 Å². The van der Waals surface area contributed by atoms with Crippen molar-refractivity contribution in [1.82, 2.24) is 5.32 Å². The minimum atomic E-state index is -3.76. The molecular weight excluding hydrogens is 350 g/mol. The predicted molar refractivity (Wildman–Crippen MR) is 105 cm³/mol. The van der Waals surface area contributed by atoms with E-state index in [0.29, 0.717) is 23.5 Å². The average molecular weight is 375 g/mol. The summed E-state index contributed by atoms with van der Waals surface area (Å²) in [6, 6.07) is 12.0. The van der Waals surface area contributed by atoms with Crippen LogP contribution in [0.3, 0.4) is 0 Å². The Balaban J connectivity index is 2.27. The van der Waals surface area contributed by atoms with E-state index < -0.39 is 10.0 Å². The van der Waals surface area contributed by atoms with E-state index in [2.05, 4.69) is 15.4 Å². The lowest BCUT2D eigenvalue weighted by molar-refractivity contribution is -0.119. The first-order valence-electron chi connectivity index (χ1n) is 8.38. The first kappa shape index (κ1) is 19.9. The van der Waals surface area contributed by atoms with Crippen LogP contribution in [0.2, 0.25) is 0 Å². The summed E-state index contributed by atoms with van der Waals surface area (Å²) >= 11 is 0. The fourth-order valence-corrected chi connectivity index (χ4v) is 3.87. The highest BCUT2D eigenvalue weighted by Crippen LogP contribution is 2.23. The van der Waals surface area contributed by atoms with Crippen molar-refractivity contribution in [2.45, 2.75) is 25.7 Å². The highest BCUT2D eigenvalue weighted by atomic mass is 32.2. The molecule has 0 spiro atoms. The van der Waals surface area contributed by atoms with E-state index in [-0.39, 0.29) is 16.7 Å². The van der Waals surface area contributed by atoms with Crippen molar-refractivity contribution in [1.29, 1.82) is 0 Å². The number of nitrogens with one attached hydrogen (secondary N) is 3. The van der Waals surface area contributed by atoms with Gasteiger partial charge in [-0.1, -0.05) is 25.1 Å². The lowest BCUT2D eigenvalue weighted by atomic mass is 10.1. The Labute approximate surface area is 155 Å². The van der Waals surface area contributed by atoms with Gasteiger partial charge in [0, 0.05) is 23.8 Å². The Morgan fingerprint density at radius 3 is 2.46 bits per heavy atom. The molecule has 0 radical (unpaired) electrons. The number of hydrogen-bond donors (Lipinski definition) is 3. The van der Waals surface area contributed by atoms with Gasteiger partial charge in [0.25, 0.3) is 10.0 Å². The van der Waals surface area contributed by atoms with Crippen LogP contribution in [-0.4, -0.2) is 27.9 Å². The molecule has 140 valence electrons. The lowest BCUT2D eigenvalue weighted by Crippen LogP contribution is -2.28. The smallest absolute Gasteiger partial charge is 0.262 e. The lowest BCUT2D eigenvalue weighted by Gasteiger charge is -2.15. The highest BCUT2D eigenvalue weighted by Gasteiger charge is 2.19. The molecule has 0 aromatic heterocycles. The molecule has 0 heterocycles. The second kappa shape index (κ2) is 8.33. The maximum absolute atomic E-state index is 12.8. The first-order chi connectivity index (χ1) is 12.2. The molecule has 1 unspecified atom stereocenters. The summed E-state index contributed by atoms with van der Waals surface area (Å²) in [6.45, 7) is 5.96. The van der Waals surface area contributed by atoms with Crippen LogP contribution in [0.1, 0.15) is 18.1 Å². The number of benzene rings is 2. The third-order valence-electron chi connectivity index (χ3n) is 3.97. The Hall–Kier alpha value is -2.38. The molecule has 0 bridgehead atoms. The van der Waals surface area contributed by atoms with E-state index in [1.54, 1.807) is 51.2 Å². The van der Waals surface area contributed by atoms with Crippen LogP contribution in [0.15, 0.2) is 47.4 Å². The Kier molecular flexibility index (Phi) is 6.39. The SMILES string of the molecule is CNCC(C)C(=O)Nc1ccc(C)c(S(=O)(=O)Nc2cccc(C)c2)c1. The maximum Gasteiger partial charge on any atom is 0.262 e. The molecule has 0 saturated carbocycles. The van der Waals surface area contributed by atoms with Gasteiger partial charge in [0.15, 0.2) is 0 Å². The van der Waals surface area contributed by atoms with Gasteiger partial charge in [-0.05, 0) is 56.3 Å². The maximum atomic E-state index is 12.8. The fourth-order valence-electron chi connectivity index (χ4n) is 2.55. The van der Waals surface area contributed by atoms with Crippen molar-refractivity contribution >= 4 is 27.3 Å². The van der Waals surface area contributed by atoms with E-state index in [1.165, 1.54) is 6.07 Å². The zero-order valence-corrected chi connectivity index (χ0v) is 16.3. The molecule has 0 saturated heterocycles. The quantitative estimate of drug-likeness (QED) is 0.694. The molecule has 0 aliphatic carbocycles. The van der Waals surface area contributed by atoms with Gasteiger partial charge in [-0.2, -0.15) is 0 Å². The van der Waals surface area contributed by atoms with Crippen LogP contribution >= 0.6 is 0 Å². The van der Waals surface area contributed by atoms with Gasteiger partial charge in [0.2, 0.25) is 5.91 Å².